The molecule has 2 amide bonds. The number of thioether (sulfide) groups is 1. The van der Waals surface area contributed by atoms with Gasteiger partial charge in [-0.2, -0.15) is 0 Å². The minimum absolute atomic E-state index is 0. The van der Waals surface area contributed by atoms with Crippen molar-refractivity contribution < 1.29 is 53.8 Å². The van der Waals surface area contributed by atoms with Crippen molar-refractivity contribution in [3.05, 3.63) is 10.6 Å². The molecule has 0 aromatic heterocycles. The zero-order valence-corrected chi connectivity index (χ0v) is 13.4. The van der Waals surface area contributed by atoms with Crippen molar-refractivity contribution in [2.45, 2.75) is 18.7 Å². The third-order valence-corrected chi connectivity index (χ3v) is 3.78. The van der Waals surface area contributed by atoms with E-state index in [4.69, 9.17) is 4.74 Å². The molecule has 1 N–H and O–H groups in total. The maximum Gasteiger partial charge on any atom is 1.00 e. The van der Waals surface area contributed by atoms with Crippen LogP contribution in [-0.2, 0) is 19.1 Å². The molecule has 1 saturated heterocycles. The largest absolute Gasteiger partial charge is 1.00 e. The first-order chi connectivity index (χ1) is 8.50. The van der Waals surface area contributed by atoms with Gasteiger partial charge in [-0.15, -0.1) is 0 Å². The molecule has 0 radical (unpaired) electrons. The van der Waals surface area contributed by atoms with Gasteiger partial charge < -0.3 is 20.0 Å². The number of ether oxygens (including phenoxy) is 1. The van der Waals surface area contributed by atoms with Gasteiger partial charge in [0.05, 0.1) is 30.1 Å². The first-order valence-corrected chi connectivity index (χ1v) is 6.14. The summed E-state index contributed by atoms with van der Waals surface area (Å²) in [5.74, 6) is -1.83. The van der Waals surface area contributed by atoms with Gasteiger partial charge in [-0.25, -0.2) is 0 Å². The van der Waals surface area contributed by atoms with Gasteiger partial charge in [0, 0.05) is 11.8 Å². The van der Waals surface area contributed by atoms with Crippen molar-refractivity contribution in [2.75, 3.05) is 13.3 Å². The van der Waals surface area contributed by atoms with E-state index < -0.39 is 5.97 Å². The van der Waals surface area contributed by atoms with Gasteiger partial charge in [0.1, 0.15) is 6.73 Å². The fourth-order valence-corrected chi connectivity index (χ4v) is 3.04. The molecule has 2 rings (SSSR count). The van der Waals surface area contributed by atoms with Crippen LogP contribution in [0, 0.1) is 0 Å². The minimum atomic E-state index is -1.38. The Bertz CT molecular complexity index is 453. The molecule has 0 spiro atoms. The Kier molecular flexibility index (Phi) is 5.87. The Morgan fingerprint density at radius 1 is 1.58 bits per heavy atom. The summed E-state index contributed by atoms with van der Waals surface area (Å²) in [4.78, 5) is 34.5. The molecule has 2 aliphatic rings. The topological polar surface area (TPSA) is 98.8 Å². The van der Waals surface area contributed by atoms with Crippen LogP contribution in [0.25, 0.3) is 0 Å². The van der Waals surface area contributed by atoms with Crippen LogP contribution in [0.2, 0.25) is 0 Å². The van der Waals surface area contributed by atoms with Crippen molar-refractivity contribution >= 4 is 29.5 Å². The van der Waals surface area contributed by atoms with E-state index in [2.05, 4.69) is 5.32 Å². The molecule has 0 saturated carbocycles. The van der Waals surface area contributed by atoms with Gasteiger partial charge >= 0.3 is 29.6 Å². The molecular weight excluding hydrogens is 283 g/mol. The molecule has 0 aromatic carbocycles. The summed E-state index contributed by atoms with van der Waals surface area (Å²) in [6.45, 7) is 1.39. The SMILES string of the molecule is CC(=O)NCOCC1=C(C(=O)[O-])N2C(=O)C[C@H]2S1.[Na+]. The number of hydrogen-bond donors (Lipinski definition) is 1. The predicted octanol–water partition coefficient (Wildman–Crippen LogP) is -4.63. The molecule has 0 aliphatic carbocycles. The predicted molar refractivity (Wildman–Crippen MR) is 59.5 cm³/mol. The van der Waals surface area contributed by atoms with Crippen LogP contribution in [-0.4, -0.2) is 41.4 Å². The van der Waals surface area contributed by atoms with E-state index in [1.807, 2.05) is 0 Å². The summed E-state index contributed by atoms with van der Waals surface area (Å²) in [5.41, 5.74) is -0.107. The van der Waals surface area contributed by atoms with Crippen LogP contribution >= 0.6 is 11.8 Å². The normalized spacial score (nSPS) is 20.6. The Balaban J connectivity index is 0.00000180. The third kappa shape index (κ3) is 3.51. The number of carbonyl (C=O) groups excluding carboxylic acids is 3. The van der Waals surface area contributed by atoms with E-state index in [9.17, 15) is 19.5 Å². The number of hydrogen-bond acceptors (Lipinski definition) is 6. The maximum absolute atomic E-state index is 11.3. The molecule has 0 bridgehead atoms. The van der Waals surface area contributed by atoms with Crippen LogP contribution in [0.4, 0.5) is 0 Å². The van der Waals surface area contributed by atoms with E-state index in [1.165, 1.54) is 23.6 Å². The number of β-lactam (4-membered cyclic amide) rings is 1. The number of nitrogens with one attached hydrogen (secondary N) is 1. The van der Waals surface area contributed by atoms with Gasteiger partial charge in [0.25, 0.3) is 0 Å². The van der Waals surface area contributed by atoms with Crippen LogP contribution < -0.4 is 40.0 Å². The zero-order chi connectivity index (χ0) is 13.3. The van der Waals surface area contributed by atoms with Gasteiger partial charge in [0.2, 0.25) is 11.8 Å². The number of amides is 2. The smallest absolute Gasteiger partial charge is 0.543 e. The average Bonchev–Trinajstić information content (AvgIpc) is 2.57. The zero-order valence-electron chi connectivity index (χ0n) is 10.6. The average molecular weight is 294 g/mol. The molecule has 1 fully saturated rings. The van der Waals surface area contributed by atoms with E-state index in [0.717, 1.165) is 0 Å². The number of nitrogens with zero attached hydrogens (tertiary/aromatic N) is 1. The van der Waals surface area contributed by atoms with Gasteiger partial charge in [0.15, 0.2) is 0 Å². The first-order valence-electron chi connectivity index (χ1n) is 5.26. The fourth-order valence-electron chi connectivity index (χ4n) is 1.72. The second kappa shape index (κ2) is 6.76. The quantitative estimate of drug-likeness (QED) is 0.237. The van der Waals surface area contributed by atoms with Crippen LogP contribution in [0.1, 0.15) is 13.3 Å². The first kappa shape index (κ1) is 16.5. The molecular formula is C10H11N2NaO5S. The van der Waals surface area contributed by atoms with Crippen LogP contribution in [0.3, 0.4) is 0 Å². The number of carboxylic acids is 1. The summed E-state index contributed by atoms with van der Waals surface area (Å²) in [6.07, 6.45) is 0.330. The molecule has 98 valence electrons. The summed E-state index contributed by atoms with van der Waals surface area (Å²) in [5, 5.41) is 13.3. The van der Waals surface area contributed by atoms with E-state index in [1.54, 1.807) is 0 Å². The van der Waals surface area contributed by atoms with E-state index in [-0.39, 0.29) is 65.8 Å². The molecule has 1 atom stereocenters. The summed E-state index contributed by atoms with van der Waals surface area (Å²) in [7, 11) is 0. The Hall–Kier alpha value is -0.540. The van der Waals surface area contributed by atoms with E-state index in [0.29, 0.717) is 11.3 Å². The summed E-state index contributed by atoms with van der Waals surface area (Å²) in [6, 6.07) is 0. The number of carbonyl (C=O) groups is 3. The maximum atomic E-state index is 11.3. The number of aliphatic carboxylic acids is 1. The molecule has 0 aromatic rings. The van der Waals surface area contributed by atoms with Crippen molar-refractivity contribution in [3.8, 4) is 0 Å². The molecule has 0 unspecified atom stereocenters. The van der Waals surface area contributed by atoms with Crippen molar-refractivity contribution in [3.63, 3.8) is 0 Å². The third-order valence-electron chi connectivity index (χ3n) is 2.54. The van der Waals surface area contributed by atoms with Crippen LogP contribution in [0.5, 0.6) is 0 Å². The van der Waals surface area contributed by atoms with E-state index >= 15 is 0 Å². The van der Waals surface area contributed by atoms with Gasteiger partial charge in [-0.1, -0.05) is 11.8 Å². The molecule has 2 heterocycles. The van der Waals surface area contributed by atoms with Crippen LogP contribution in [0.15, 0.2) is 10.6 Å². The number of carboxylic acid groups (broad SMARTS) is 1. The summed E-state index contributed by atoms with van der Waals surface area (Å²) >= 11 is 1.29. The standard InChI is InChI=1S/C10H12N2O5S.Na/c1-5(13)11-4-17-3-6-9(10(15)16)12-7(14)2-8(12)18-6;/h8H,2-4H2,1H3,(H,11,13)(H,15,16);/q;+1/p-1/t8-;/m1./s1. The monoisotopic (exact) mass is 294 g/mol. The van der Waals surface area contributed by atoms with Crippen molar-refractivity contribution in [1.82, 2.24) is 10.2 Å². The second-order valence-electron chi connectivity index (χ2n) is 3.83. The number of fused-ring (bicyclic) bond motifs is 1. The Morgan fingerprint density at radius 3 is 2.79 bits per heavy atom. The molecule has 19 heavy (non-hydrogen) atoms. The van der Waals surface area contributed by atoms with Gasteiger partial charge in [-0.3, -0.25) is 14.5 Å². The fraction of sp³-hybridized carbons (Fsp3) is 0.500. The molecule has 7 nitrogen and oxygen atoms in total. The van der Waals surface area contributed by atoms with Crippen molar-refractivity contribution in [2.24, 2.45) is 0 Å². The minimum Gasteiger partial charge on any atom is -0.543 e. The Labute approximate surface area is 136 Å². The molecule has 2 aliphatic heterocycles. The number of rotatable bonds is 5. The summed E-state index contributed by atoms with van der Waals surface area (Å²) < 4.78 is 5.13. The van der Waals surface area contributed by atoms with Gasteiger partial charge in [-0.05, 0) is 0 Å². The Morgan fingerprint density at radius 2 is 2.26 bits per heavy atom. The van der Waals surface area contributed by atoms with Crippen molar-refractivity contribution in [1.29, 1.82) is 0 Å². The second-order valence-corrected chi connectivity index (χ2v) is 5.10. The molecule has 9 heteroatoms.